The fourth-order valence-electron chi connectivity index (χ4n) is 2.01. The lowest BCUT2D eigenvalue weighted by atomic mass is 10.1. The smallest absolute Gasteiger partial charge is 0.256 e. The highest BCUT2D eigenvalue weighted by molar-refractivity contribution is 7.81. The molecule has 0 spiro atoms. The minimum absolute atomic E-state index is 0.0219. The molecule has 0 aromatic carbocycles. The number of halogens is 1. The van der Waals surface area contributed by atoms with Crippen LogP contribution in [0.15, 0.2) is 0 Å². The molecule has 33 heavy (non-hydrogen) atoms. The second-order valence-electron chi connectivity index (χ2n) is 7.30. The lowest BCUT2D eigenvalue weighted by Gasteiger charge is -2.12. The fraction of sp³-hybridized carbons (Fsp3) is 0.857. The molecule has 0 aliphatic rings. The van der Waals surface area contributed by atoms with E-state index >= 15 is 0 Å². The van der Waals surface area contributed by atoms with Crippen LogP contribution in [0.3, 0.4) is 0 Å². The second-order valence-corrected chi connectivity index (χ2v) is 8.08. The van der Waals surface area contributed by atoms with Crippen molar-refractivity contribution < 1.29 is 42.5 Å². The van der Waals surface area contributed by atoms with E-state index in [1.807, 2.05) is 13.8 Å². The molecule has 12 heteroatoms. The molecule has 0 aliphatic carbocycles. The summed E-state index contributed by atoms with van der Waals surface area (Å²) in [4.78, 5) is 34.2. The van der Waals surface area contributed by atoms with E-state index < -0.39 is 29.8 Å². The summed E-state index contributed by atoms with van der Waals surface area (Å²) in [6.45, 7) is 8.44. The maximum Gasteiger partial charge on any atom is 0.256 e. The summed E-state index contributed by atoms with van der Waals surface area (Å²) >= 11 is 3.91. The Morgan fingerprint density at radius 3 is 1.64 bits per heavy atom. The molecule has 0 radical (unpaired) electrons. The number of carbonyl (C=O) groups is 3. The van der Waals surface area contributed by atoms with E-state index in [-0.39, 0.29) is 31.5 Å². The second kappa shape index (κ2) is 21.2. The molecule has 0 aliphatic heterocycles. The Balaban J connectivity index is 3.33. The molecule has 0 rings (SSSR count). The van der Waals surface area contributed by atoms with Gasteiger partial charge >= 0.3 is 0 Å². The van der Waals surface area contributed by atoms with Crippen molar-refractivity contribution in [3.63, 3.8) is 0 Å². The van der Waals surface area contributed by atoms with Gasteiger partial charge in [-0.15, -0.1) is 0 Å². The number of amides is 2. The first kappa shape index (κ1) is 31.7. The van der Waals surface area contributed by atoms with Crippen molar-refractivity contribution in [2.45, 2.75) is 32.2 Å². The zero-order valence-corrected chi connectivity index (χ0v) is 20.7. The van der Waals surface area contributed by atoms with Crippen LogP contribution in [0, 0.1) is 5.92 Å². The summed E-state index contributed by atoms with van der Waals surface area (Å²) in [5.41, 5.74) is 0. The van der Waals surface area contributed by atoms with Crippen molar-refractivity contribution >= 4 is 30.2 Å². The zero-order valence-electron chi connectivity index (χ0n) is 19.8. The highest BCUT2D eigenvalue weighted by Crippen LogP contribution is 1.95. The molecule has 2 amide bonds. The van der Waals surface area contributed by atoms with Gasteiger partial charge in [0.1, 0.15) is 6.61 Å². The van der Waals surface area contributed by atoms with E-state index in [2.05, 4.69) is 23.3 Å². The number of ketones is 1. The lowest BCUT2D eigenvalue weighted by molar-refractivity contribution is -0.127. The van der Waals surface area contributed by atoms with Crippen LogP contribution in [-0.4, -0.2) is 108 Å². The number of Topliss-reactive ketones (excluding diaryl/α,β-unsaturated/α-hetero) is 1. The Bertz CT molecular complexity index is 540. The van der Waals surface area contributed by atoms with Gasteiger partial charge in [0.2, 0.25) is 5.91 Å². The van der Waals surface area contributed by atoms with Crippen molar-refractivity contribution in [3.05, 3.63) is 0 Å². The first-order valence-corrected chi connectivity index (χ1v) is 11.6. The SMILES string of the molecule is CC(C)C(=O)COCCOCCOCCOCCOCCNC(=O)C(F)CNC(=O)C(C)S. The first-order valence-electron chi connectivity index (χ1n) is 11.0. The van der Waals surface area contributed by atoms with Crippen LogP contribution in [0.4, 0.5) is 4.39 Å². The molecular weight excluding hydrogens is 459 g/mol. The Morgan fingerprint density at radius 2 is 1.18 bits per heavy atom. The van der Waals surface area contributed by atoms with Crippen molar-refractivity contribution in [3.8, 4) is 0 Å². The normalized spacial score (nSPS) is 13.0. The number of ether oxygens (including phenoxy) is 5. The third-order valence-corrected chi connectivity index (χ3v) is 4.28. The van der Waals surface area contributed by atoms with Crippen LogP contribution in [0.25, 0.3) is 0 Å². The Morgan fingerprint density at radius 1 is 0.727 bits per heavy atom. The number of hydrogen-bond acceptors (Lipinski definition) is 9. The zero-order chi connectivity index (χ0) is 24.9. The summed E-state index contributed by atoms with van der Waals surface area (Å²) in [7, 11) is 0. The van der Waals surface area contributed by atoms with Crippen molar-refractivity contribution in [2.75, 3.05) is 79.2 Å². The highest BCUT2D eigenvalue weighted by Gasteiger charge is 2.18. The van der Waals surface area contributed by atoms with Crippen LogP contribution < -0.4 is 10.6 Å². The first-order chi connectivity index (χ1) is 15.8. The molecule has 2 atom stereocenters. The Kier molecular flexibility index (Phi) is 20.4. The van der Waals surface area contributed by atoms with Crippen molar-refractivity contribution in [1.82, 2.24) is 10.6 Å². The number of carbonyl (C=O) groups excluding carboxylic acids is 3. The molecule has 0 saturated heterocycles. The predicted octanol–water partition coefficient (Wildman–Crippen LogP) is 0.183. The van der Waals surface area contributed by atoms with E-state index in [0.717, 1.165) is 0 Å². The summed E-state index contributed by atoms with van der Waals surface area (Å²) in [5.74, 6) is -1.19. The van der Waals surface area contributed by atoms with Crippen LogP contribution >= 0.6 is 12.6 Å². The molecule has 0 bridgehead atoms. The standard InChI is InChI=1S/C21H39FN2O8S/c1-16(2)19(25)15-32-13-12-31-11-10-30-9-8-29-7-6-28-5-4-23-21(27)18(22)14-24-20(26)17(3)33/h16-18,33H,4-15H2,1-3H3,(H,23,27)(H,24,26). The van der Waals surface area contributed by atoms with Gasteiger partial charge in [-0.3, -0.25) is 14.4 Å². The number of thiol groups is 1. The molecule has 10 nitrogen and oxygen atoms in total. The lowest BCUT2D eigenvalue weighted by Crippen LogP contribution is -2.42. The number of rotatable bonds is 22. The minimum atomic E-state index is -1.83. The maximum absolute atomic E-state index is 13.6. The molecular formula is C21H39FN2O8S. The van der Waals surface area contributed by atoms with E-state index in [0.29, 0.717) is 52.9 Å². The van der Waals surface area contributed by atoms with E-state index in [9.17, 15) is 18.8 Å². The van der Waals surface area contributed by atoms with Crippen LogP contribution in [0.1, 0.15) is 20.8 Å². The summed E-state index contributed by atoms with van der Waals surface area (Å²) in [6.07, 6.45) is -1.83. The summed E-state index contributed by atoms with van der Waals surface area (Å²) in [6, 6.07) is 0. The van der Waals surface area contributed by atoms with Gasteiger partial charge in [0.05, 0.1) is 71.3 Å². The molecule has 194 valence electrons. The van der Waals surface area contributed by atoms with Crippen molar-refractivity contribution in [2.24, 2.45) is 5.92 Å². The highest BCUT2D eigenvalue weighted by atomic mass is 32.1. The Labute approximate surface area is 201 Å². The van der Waals surface area contributed by atoms with E-state index in [4.69, 9.17) is 23.7 Å². The fourth-order valence-corrected chi connectivity index (χ4v) is 2.10. The number of hydrogen-bond donors (Lipinski definition) is 3. The monoisotopic (exact) mass is 498 g/mol. The van der Waals surface area contributed by atoms with Gasteiger partial charge in [-0.1, -0.05) is 13.8 Å². The quantitative estimate of drug-likeness (QED) is 0.143. The molecule has 0 saturated carbocycles. The molecule has 0 fully saturated rings. The Hall–Kier alpha value is -1.31. The van der Waals surface area contributed by atoms with Gasteiger partial charge in [-0.05, 0) is 6.92 Å². The molecule has 2 unspecified atom stereocenters. The van der Waals surface area contributed by atoms with Gasteiger partial charge in [0.15, 0.2) is 12.0 Å². The van der Waals surface area contributed by atoms with Crippen molar-refractivity contribution in [1.29, 1.82) is 0 Å². The van der Waals surface area contributed by atoms with Crippen LogP contribution in [-0.2, 0) is 38.1 Å². The molecule has 0 aromatic heterocycles. The van der Waals surface area contributed by atoms with Gasteiger partial charge < -0.3 is 34.3 Å². The van der Waals surface area contributed by atoms with E-state index in [1.165, 1.54) is 0 Å². The van der Waals surface area contributed by atoms with E-state index in [1.54, 1.807) is 6.92 Å². The largest absolute Gasteiger partial charge is 0.377 e. The predicted molar refractivity (Wildman–Crippen MR) is 123 cm³/mol. The topological polar surface area (TPSA) is 121 Å². The van der Waals surface area contributed by atoms with Gasteiger partial charge in [-0.2, -0.15) is 12.6 Å². The molecule has 0 heterocycles. The summed E-state index contributed by atoms with van der Waals surface area (Å²) in [5, 5.41) is 4.11. The molecule has 0 aromatic rings. The summed E-state index contributed by atoms with van der Waals surface area (Å²) < 4.78 is 40.1. The van der Waals surface area contributed by atoms with Crippen LogP contribution in [0.5, 0.6) is 0 Å². The number of alkyl halides is 1. The maximum atomic E-state index is 13.6. The third-order valence-electron chi connectivity index (χ3n) is 4.04. The number of nitrogens with one attached hydrogen (secondary N) is 2. The average Bonchev–Trinajstić information content (AvgIpc) is 2.78. The minimum Gasteiger partial charge on any atom is -0.377 e. The third kappa shape index (κ3) is 19.8. The van der Waals surface area contributed by atoms with Crippen LogP contribution in [0.2, 0.25) is 0 Å². The van der Waals surface area contributed by atoms with Gasteiger partial charge in [0.25, 0.3) is 5.91 Å². The van der Waals surface area contributed by atoms with Gasteiger partial charge in [0, 0.05) is 12.5 Å². The average molecular weight is 499 g/mol. The molecule has 2 N–H and O–H groups in total. The van der Waals surface area contributed by atoms with Gasteiger partial charge in [-0.25, -0.2) is 4.39 Å².